The van der Waals surface area contributed by atoms with Gasteiger partial charge >= 0.3 is 0 Å². The van der Waals surface area contributed by atoms with Crippen LogP contribution in [-0.2, 0) is 6.54 Å². The van der Waals surface area contributed by atoms with Crippen molar-refractivity contribution in [1.29, 1.82) is 0 Å². The van der Waals surface area contributed by atoms with Crippen LogP contribution < -0.4 is 11.1 Å². The van der Waals surface area contributed by atoms with E-state index in [0.29, 0.717) is 12.2 Å². The molecule has 106 valence electrons. The third-order valence-electron chi connectivity index (χ3n) is 2.97. The molecule has 2 heterocycles. The molecule has 3 aromatic rings. The molecule has 1 amide bonds. The van der Waals surface area contributed by atoms with Crippen LogP contribution in [0.2, 0.25) is 0 Å². The van der Waals surface area contributed by atoms with E-state index >= 15 is 0 Å². The Bertz CT molecular complexity index is 749. The minimum atomic E-state index is -0.226. The van der Waals surface area contributed by atoms with E-state index in [2.05, 4.69) is 10.3 Å². The van der Waals surface area contributed by atoms with Gasteiger partial charge in [-0.2, -0.15) is 0 Å². The number of nitrogens with one attached hydrogen (secondary N) is 1. The molecule has 0 atom stereocenters. The van der Waals surface area contributed by atoms with Crippen LogP contribution in [0.15, 0.2) is 54.2 Å². The minimum absolute atomic E-state index is 0.226. The molecule has 0 radical (unpaired) electrons. The lowest BCUT2D eigenvalue weighted by Crippen LogP contribution is -2.13. The first kappa shape index (κ1) is 13.5. The van der Waals surface area contributed by atoms with E-state index in [4.69, 9.17) is 5.73 Å². The van der Waals surface area contributed by atoms with E-state index in [1.165, 1.54) is 11.3 Å². The molecule has 21 heavy (non-hydrogen) atoms. The van der Waals surface area contributed by atoms with Crippen molar-refractivity contribution in [2.24, 2.45) is 5.73 Å². The fourth-order valence-electron chi connectivity index (χ4n) is 1.95. The maximum atomic E-state index is 12.1. The summed E-state index contributed by atoms with van der Waals surface area (Å²) in [6, 6.07) is 11.5. The van der Waals surface area contributed by atoms with Gasteiger partial charge < -0.3 is 15.6 Å². The fraction of sp³-hybridized carbons (Fsp3) is 0.0667. The number of rotatable bonds is 4. The van der Waals surface area contributed by atoms with Gasteiger partial charge in [-0.05, 0) is 30.3 Å². The number of nitrogens with zero attached hydrogens (tertiary/aromatic N) is 2. The summed E-state index contributed by atoms with van der Waals surface area (Å²) in [6.45, 7) is 0.348. The van der Waals surface area contributed by atoms with Gasteiger partial charge in [-0.1, -0.05) is 6.07 Å². The molecular weight excluding hydrogens is 284 g/mol. The molecule has 2 aromatic heterocycles. The second kappa shape index (κ2) is 5.90. The van der Waals surface area contributed by atoms with Crippen LogP contribution in [0.4, 0.5) is 5.69 Å². The van der Waals surface area contributed by atoms with E-state index in [0.717, 1.165) is 16.4 Å². The van der Waals surface area contributed by atoms with E-state index in [-0.39, 0.29) is 5.91 Å². The first-order valence-corrected chi connectivity index (χ1v) is 7.33. The molecular formula is C15H14N4OS. The zero-order chi connectivity index (χ0) is 14.7. The molecule has 3 rings (SSSR count). The molecule has 0 saturated heterocycles. The summed E-state index contributed by atoms with van der Waals surface area (Å²) in [7, 11) is 0. The van der Waals surface area contributed by atoms with Crippen LogP contribution in [0.1, 0.15) is 15.5 Å². The van der Waals surface area contributed by atoms with E-state index in [9.17, 15) is 4.79 Å². The molecule has 1 aromatic carbocycles. The lowest BCUT2D eigenvalue weighted by molar-refractivity contribution is 0.102. The van der Waals surface area contributed by atoms with Crippen molar-refractivity contribution >= 4 is 22.9 Å². The van der Waals surface area contributed by atoms with Crippen LogP contribution in [0.25, 0.3) is 5.69 Å². The summed E-state index contributed by atoms with van der Waals surface area (Å²) in [5.41, 5.74) is 7.61. The number of hydrogen-bond donors (Lipinski definition) is 2. The molecule has 0 aliphatic rings. The third kappa shape index (κ3) is 3.01. The number of aromatic nitrogens is 2. The number of thiazole rings is 1. The van der Waals surface area contributed by atoms with Gasteiger partial charge in [0.1, 0.15) is 10.7 Å². The topological polar surface area (TPSA) is 72.9 Å². The Morgan fingerprint density at radius 2 is 2.10 bits per heavy atom. The van der Waals surface area contributed by atoms with Crippen molar-refractivity contribution < 1.29 is 4.79 Å². The Hall–Kier alpha value is -2.44. The van der Waals surface area contributed by atoms with Gasteiger partial charge in [0.25, 0.3) is 5.91 Å². The lowest BCUT2D eigenvalue weighted by Gasteiger charge is -2.07. The number of nitrogens with two attached hydrogens (primary N) is 1. The molecule has 0 saturated carbocycles. The SMILES string of the molecule is NCc1nc(C(=O)Nc2cccc(-n3cccc3)c2)cs1. The summed E-state index contributed by atoms with van der Waals surface area (Å²) in [5, 5.41) is 5.32. The van der Waals surface area contributed by atoms with Crippen molar-refractivity contribution in [3.63, 3.8) is 0 Å². The zero-order valence-corrected chi connectivity index (χ0v) is 12.0. The average Bonchev–Trinajstić information content (AvgIpc) is 3.19. The molecule has 0 spiro atoms. The van der Waals surface area contributed by atoms with Crippen LogP contribution in [-0.4, -0.2) is 15.5 Å². The summed E-state index contributed by atoms with van der Waals surface area (Å²) in [4.78, 5) is 16.3. The number of benzene rings is 1. The summed E-state index contributed by atoms with van der Waals surface area (Å²) in [6.07, 6.45) is 3.91. The monoisotopic (exact) mass is 298 g/mol. The Balaban J connectivity index is 1.78. The van der Waals surface area contributed by atoms with Crippen molar-refractivity contribution in [2.75, 3.05) is 5.32 Å². The molecule has 0 unspecified atom stereocenters. The molecule has 5 nitrogen and oxygen atoms in total. The second-order valence-electron chi connectivity index (χ2n) is 4.43. The standard InChI is InChI=1S/C15H14N4OS/c16-9-14-18-13(10-21-14)15(20)17-11-4-3-5-12(8-11)19-6-1-2-7-19/h1-8,10H,9,16H2,(H,17,20). The quantitative estimate of drug-likeness (QED) is 0.777. The van der Waals surface area contributed by atoms with Crippen molar-refractivity contribution in [3.8, 4) is 5.69 Å². The van der Waals surface area contributed by atoms with Crippen molar-refractivity contribution in [3.05, 3.63) is 64.9 Å². The highest BCUT2D eigenvalue weighted by molar-refractivity contribution is 7.09. The lowest BCUT2D eigenvalue weighted by atomic mass is 10.2. The minimum Gasteiger partial charge on any atom is -0.325 e. The predicted octanol–water partition coefficient (Wildman–Crippen LogP) is 2.64. The fourth-order valence-corrected chi connectivity index (χ4v) is 2.61. The summed E-state index contributed by atoms with van der Waals surface area (Å²) >= 11 is 1.39. The highest BCUT2D eigenvalue weighted by atomic mass is 32.1. The largest absolute Gasteiger partial charge is 0.325 e. The van der Waals surface area contributed by atoms with Gasteiger partial charge in [-0.3, -0.25) is 4.79 Å². The number of amides is 1. The maximum Gasteiger partial charge on any atom is 0.275 e. The molecule has 0 aliphatic heterocycles. The highest BCUT2D eigenvalue weighted by Crippen LogP contribution is 2.16. The van der Waals surface area contributed by atoms with Gasteiger partial charge in [0.05, 0.1) is 0 Å². The van der Waals surface area contributed by atoms with E-state index in [1.807, 2.05) is 53.4 Å². The van der Waals surface area contributed by atoms with Gasteiger partial charge in [0.2, 0.25) is 0 Å². The van der Waals surface area contributed by atoms with Crippen LogP contribution >= 0.6 is 11.3 Å². The average molecular weight is 298 g/mol. The summed E-state index contributed by atoms with van der Waals surface area (Å²) < 4.78 is 1.98. The van der Waals surface area contributed by atoms with Crippen molar-refractivity contribution in [2.45, 2.75) is 6.54 Å². The Labute approximate surface area is 126 Å². The first-order chi connectivity index (χ1) is 10.3. The molecule has 0 fully saturated rings. The Morgan fingerprint density at radius 3 is 2.81 bits per heavy atom. The van der Waals surface area contributed by atoms with Crippen LogP contribution in [0, 0.1) is 0 Å². The van der Waals surface area contributed by atoms with Gasteiger partial charge in [0.15, 0.2) is 0 Å². The maximum absolute atomic E-state index is 12.1. The Morgan fingerprint density at radius 1 is 1.29 bits per heavy atom. The Kier molecular flexibility index (Phi) is 3.81. The molecule has 6 heteroatoms. The molecule has 3 N–H and O–H groups in total. The first-order valence-electron chi connectivity index (χ1n) is 6.45. The van der Waals surface area contributed by atoms with Gasteiger partial charge in [0, 0.05) is 35.7 Å². The number of carbonyl (C=O) groups is 1. The normalized spacial score (nSPS) is 10.5. The summed E-state index contributed by atoms with van der Waals surface area (Å²) in [5.74, 6) is -0.226. The molecule has 0 bridgehead atoms. The van der Waals surface area contributed by atoms with Gasteiger partial charge in [-0.25, -0.2) is 4.98 Å². The van der Waals surface area contributed by atoms with Crippen molar-refractivity contribution in [1.82, 2.24) is 9.55 Å². The second-order valence-corrected chi connectivity index (χ2v) is 5.37. The van der Waals surface area contributed by atoms with Gasteiger partial charge in [-0.15, -0.1) is 11.3 Å². The number of carbonyl (C=O) groups excluding carboxylic acids is 1. The highest BCUT2D eigenvalue weighted by Gasteiger charge is 2.10. The van der Waals surface area contributed by atoms with E-state index in [1.54, 1.807) is 5.38 Å². The van der Waals surface area contributed by atoms with E-state index < -0.39 is 0 Å². The number of anilines is 1. The third-order valence-corrected chi connectivity index (χ3v) is 3.84. The number of hydrogen-bond acceptors (Lipinski definition) is 4. The zero-order valence-electron chi connectivity index (χ0n) is 11.2. The molecule has 0 aliphatic carbocycles. The predicted molar refractivity (Wildman–Crippen MR) is 83.7 cm³/mol. The smallest absolute Gasteiger partial charge is 0.275 e. The van der Waals surface area contributed by atoms with Crippen LogP contribution in [0.5, 0.6) is 0 Å². The van der Waals surface area contributed by atoms with Crippen LogP contribution in [0.3, 0.4) is 0 Å².